The van der Waals surface area contributed by atoms with E-state index in [1.165, 1.54) is 0 Å². The van der Waals surface area contributed by atoms with E-state index in [0.717, 1.165) is 25.9 Å². The number of hydrogen-bond donors (Lipinski definition) is 2. The van der Waals surface area contributed by atoms with Crippen LogP contribution < -0.4 is 5.32 Å². The molecule has 2 atom stereocenters. The SMILES string of the molecule is CCC(NC(=O)CCC1CCCCO1)(C(=O)O)c1ccccc1. The van der Waals surface area contributed by atoms with E-state index in [4.69, 9.17) is 4.74 Å². The highest BCUT2D eigenvalue weighted by atomic mass is 16.5. The lowest BCUT2D eigenvalue weighted by Gasteiger charge is -2.30. The number of rotatable bonds is 7. The monoisotopic (exact) mass is 319 g/mol. The van der Waals surface area contributed by atoms with Gasteiger partial charge in [0.15, 0.2) is 5.54 Å². The van der Waals surface area contributed by atoms with Crippen LogP contribution in [0.3, 0.4) is 0 Å². The smallest absolute Gasteiger partial charge is 0.334 e. The van der Waals surface area contributed by atoms with E-state index in [9.17, 15) is 14.7 Å². The number of aliphatic carboxylic acids is 1. The van der Waals surface area contributed by atoms with Crippen LogP contribution in [0.4, 0.5) is 0 Å². The molecular formula is C18H25NO4. The molecule has 1 aromatic carbocycles. The van der Waals surface area contributed by atoms with Crippen molar-refractivity contribution in [2.24, 2.45) is 0 Å². The minimum atomic E-state index is -1.37. The molecule has 0 spiro atoms. The molecule has 2 unspecified atom stereocenters. The number of hydrogen-bond acceptors (Lipinski definition) is 3. The third kappa shape index (κ3) is 4.32. The lowest BCUT2D eigenvalue weighted by atomic mass is 9.87. The van der Waals surface area contributed by atoms with Crippen molar-refractivity contribution in [2.45, 2.75) is 57.1 Å². The Morgan fingerprint density at radius 1 is 1.30 bits per heavy atom. The number of carboxylic acid groups (broad SMARTS) is 1. The van der Waals surface area contributed by atoms with Crippen LogP contribution in [0, 0.1) is 0 Å². The minimum absolute atomic E-state index is 0.118. The van der Waals surface area contributed by atoms with E-state index in [0.29, 0.717) is 12.0 Å². The quantitative estimate of drug-likeness (QED) is 0.810. The fraction of sp³-hybridized carbons (Fsp3) is 0.556. The molecule has 0 bridgehead atoms. The molecule has 0 aliphatic carbocycles. The molecule has 0 radical (unpaired) electrons. The van der Waals surface area contributed by atoms with Gasteiger partial charge in [-0.2, -0.15) is 0 Å². The van der Waals surface area contributed by atoms with Crippen molar-refractivity contribution in [3.8, 4) is 0 Å². The number of amides is 1. The Balaban J connectivity index is 2.02. The summed E-state index contributed by atoms with van der Waals surface area (Å²) in [6.07, 6.45) is 4.51. The van der Waals surface area contributed by atoms with Gasteiger partial charge in [-0.25, -0.2) is 4.79 Å². The predicted molar refractivity (Wildman–Crippen MR) is 87.0 cm³/mol. The molecule has 1 heterocycles. The van der Waals surface area contributed by atoms with Crippen LogP contribution in [-0.4, -0.2) is 29.7 Å². The number of nitrogens with one attached hydrogen (secondary N) is 1. The zero-order valence-electron chi connectivity index (χ0n) is 13.6. The second kappa shape index (κ2) is 8.11. The first kappa shape index (κ1) is 17.5. The molecule has 1 aromatic rings. The van der Waals surface area contributed by atoms with Gasteiger partial charge in [-0.15, -0.1) is 0 Å². The zero-order chi connectivity index (χ0) is 16.7. The van der Waals surface area contributed by atoms with Crippen LogP contribution in [0.5, 0.6) is 0 Å². The molecule has 1 saturated heterocycles. The maximum absolute atomic E-state index is 12.3. The Bertz CT molecular complexity index is 525. The lowest BCUT2D eigenvalue weighted by molar-refractivity contribution is -0.148. The van der Waals surface area contributed by atoms with E-state index in [1.807, 2.05) is 6.07 Å². The van der Waals surface area contributed by atoms with Crippen molar-refractivity contribution in [3.63, 3.8) is 0 Å². The highest BCUT2D eigenvalue weighted by molar-refractivity contribution is 5.88. The van der Waals surface area contributed by atoms with Crippen LogP contribution >= 0.6 is 0 Å². The molecule has 23 heavy (non-hydrogen) atoms. The van der Waals surface area contributed by atoms with Gasteiger partial charge in [-0.05, 0) is 37.7 Å². The molecule has 2 rings (SSSR count). The fourth-order valence-electron chi connectivity index (χ4n) is 3.04. The Kier molecular flexibility index (Phi) is 6.16. The van der Waals surface area contributed by atoms with Crippen molar-refractivity contribution >= 4 is 11.9 Å². The molecule has 5 nitrogen and oxygen atoms in total. The molecule has 1 aliphatic rings. The van der Waals surface area contributed by atoms with E-state index < -0.39 is 11.5 Å². The summed E-state index contributed by atoms with van der Waals surface area (Å²) in [6, 6.07) is 8.87. The Morgan fingerprint density at radius 2 is 2.04 bits per heavy atom. The third-order valence-corrected chi connectivity index (χ3v) is 4.48. The van der Waals surface area contributed by atoms with Crippen LogP contribution in [0.15, 0.2) is 30.3 Å². The molecule has 0 saturated carbocycles. The summed E-state index contributed by atoms with van der Waals surface area (Å²) < 4.78 is 5.62. The van der Waals surface area contributed by atoms with Gasteiger partial charge < -0.3 is 15.2 Å². The van der Waals surface area contributed by atoms with Crippen molar-refractivity contribution < 1.29 is 19.4 Å². The number of carboxylic acids is 1. The summed E-state index contributed by atoms with van der Waals surface area (Å²) in [7, 11) is 0. The van der Waals surface area contributed by atoms with Gasteiger partial charge in [-0.1, -0.05) is 37.3 Å². The first-order valence-corrected chi connectivity index (χ1v) is 8.30. The van der Waals surface area contributed by atoms with Crippen LogP contribution in [0.2, 0.25) is 0 Å². The van der Waals surface area contributed by atoms with Crippen molar-refractivity contribution in [2.75, 3.05) is 6.61 Å². The average Bonchev–Trinajstić information content (AvgIpc) is 2.59. The summed E-state index contributed by atoms with van der Waals surface area (Å²) in [5.74, 6) is -1.28. The lowest BCUT2D eigenvalue weighted by Crippen LogP contribution is -2.51. The Hall–Kier alpha value is -1.88. The first-order valence-electron chi connectivity index (χ1n) is 8.30. The van der Waals surface area contributed by atoms with Gasteiger partial charge in [0.2, 0.25) is 5.91 Å². The van der Waals surface area contributed by atoms with Crippen molar-refractivity contribution in [3.05, 3.63) is 35.9 Å². The molecule has 0 aromatic heterocycles. The summed E-state index contributed by atoms with van der Waals surface area (Å²) in [6.45, 7) is 2.52. The molecule has 5 heteroatoms. The molecular weight excluding hydrogens is 294 g/mol. The maximum Gasteiger partial charge on any atom is 0.334 e. The topological polar surface area (TPSA) is 75.6 Å². The van der Waals surface area contributed by atoms with E-state index in [-0.39, 0.29) is 24.9 Å². The second-order valence-corrected chi connectivity index (χ2v) is 6.01. The van der Waals surface area contributed by atoms with Gasteiger partial charge in [0, 0.05) is 13.0 Å². The normalized spacial score (nSPS) is 20.5. The zero-order valence-corrected chi connectivity index (χ0v) is 13.6. The minimum Gasteiger partial charge on any atom is -0.479 e. The summed E-state index contributed by atoms with van der Waals surface area (Å²) >= 11 is 0. The van der Waals surface area contributed by atoms with Crippen LogP contribution in [0.1, 0.15) is 51.0 Å². The molecule has 2 N–H and O–H groups in total. The van der Waals surface area contributed by atoms with E-state index >= 15 is 0 Å². The second-order valence-electron chi connectivity index (χ2n) is 6.01. The van der Waals surface area contributed by atoms with Crippen LogP contribution in [0.25, 0.3) is 0 Å². The molecule has 1 amide bonds. The van der Waals surface area contributed by atoms with E-state index in [2.05, 4.69) is 5.32 Å². The van der Waals surface area contributed by atoms with Gasteiger partial charge in [0.05, 0.1) is 6.10 Å². The van der Waals surface area contributed by atoms with Gasteiger partial charge in [0.25, 0.3) is 0 Å². The molecule has 1 aliphatic heterocycles. The maximum atomic E-state index is 12.3. The number of ether oxygens (including phenoxy) is 1. The molecule has 1 fully saturated rings. The summed E-state index contributed by atoms with van der Waals surface area (Å²) in [4.78, 5) is 24.2. The first-order chi connectivity index (χ1) is 11.1. The average molecular weight is 319 g/mol. The Labute approximate surface area is 137 Å². The summed E-state index contributed by atoms with van der Waals surface area (Å²) in [5.41, 5.74) is -0.775. The van der Waals surface area contributed by atoms with E-state index in [1.54, 1.807) is 31.2 Å². The number of benzene rings is 1. The Morgan fingerprint density at radius 3 is 2.61 bits per heavy atom. The standard InChI is InChI=1S/C18H25NO4/c1-2-18(17(21)22,14-8-4-3-5-9-14)19-16(20)12-11-15-10-6-7-13-23-15/h3-5,8-9,15H,2,6-7,10-13H2,1H3,(H,19,20)(H,21,22). The fourth-order valence-corrected chi connectivity index (χ4v) is 3.04. The van der Waals surface area contributed by atoms with Gasteiger partial charge in [-0.3, -0.25) is 4.79 Å². The van der Waals surface area contributed by atoms with Crippen molar-refractivity contribution in [1.29, 1.82) is 0 Å². The van der Waals surface area contributed by atoms with Crippen molar-refractivity contribution in [1.82, 2.24) is 5.32 Å². The highest BCUT2D eigenvalue weighted by Gasteiger charge is 2.40. The van der Waals surface area contributed by atoms with Gasteiger partial charge in [0.1, 0.15) is 0 Å². The predicted octanol–water partition coefficient (Wildman–Crippen LogP) is 2.84. The van der Waals surface area contributed by atoms with Gasteiger partial charge >= 0.3 is 5.97 Å². The summed E-state index contributed by atoms with van der Waals surface area (Å²) in [5, 5.41) is 12.4. The molecule has 126 valence electrons. The highest BCUT2D eigenvalue weighted by Crippen LogP contribution is 2.26. The number of carbonyl (C=O) groups excluding carboxylic acids is 1. The largest absolute Gasteiger partial charge is 0.479 e. The number of carbonyl (C=O) groups is 2. The third-order valence-electron chi connectivity index (χ3n) is 4.48. The van der Waals surface area contributed by atoms with Crippen LogP contribution in [-0.2, 0) is 19.9 Å².